The summed E-state index contributed by atoms with van der Waals surface area (Å²) in [5.74, 6) is -3.07. The first-order valence-corrected chi connectivity index (χ1v) is 18.2. The van der Waals surface area contributed by atoms with E-state index in [0.717, 1.165) is 18.4 Å². The van der Waals surface area contributed by atoms with Gasteiger partial charge in [-0.15, -0.1) is 0 Å². The number of hydrogen-bond donors (Lipinski definition) is 4. The number of nitrogens with two attached hydrogens (primary N) is 1. The molecular formula is C40H53N5O7. The molecule has 5 rings (SSSR count). The van der Waals surface area contributed by atoms with Crippen LogP contribution >= 0.6 is 0 Å². The molecule has 52 heavy (non-hydrogen) atoms. The predicted molar refractivity (Wildman–Crippen MR) is 195 cm³/mol. The highest BCUT2D eigenvalue weighted by molar-refractivity contribution is 6.37. The normalized spacial score (nSPS) is 22.0. The first kappa shape index (κ1) is 38.5. The number of hydrogen-bond acceptors (Lipinski definition) is 7. The van der Waals surface area contributed by atoms with Crippen LogP contribution in [0.5, 0.6) is 5.75 Å². The molecule has 3 aliphatic rings. The first-order valence-electron chi connectivity index (χ1n) is 18.2. The monoisotopic (exact) mass is 715 g/mol. The van der Waals surface area contributed by atoms with Gasteiger partial charge in [0, 0.05) is 6.54 Å². The highest BCUT2D eigenvalue weighted by atomic mass is 16.5. The molecule has 2 saturated carbocycles. The van der Waals surface area contributed by atoms with Gasteiger partial charge in [-0.2, -0.15) is 0 Å². The fraction of sp³-hybridized carbons (Fsp3) is 0.550. The van der Waals surface area contributed by atoms with Crippen molar-refractivity contribution in [2.24, 2.45) is 40.2 Å². The van der Waals surface area contributed by atoms with Gasteiger partial charge in [-0.05, 0) is 58.6 Å². The molecule has 12 heteroatoms. The molecule has 0 radical (unpaired) electrons. The molecule has 3 unspecified atom stereocenters. The number of rotatable bonds is 15. The zero-order valence-corrected chi connectivity index (χ0v) is 31.2. The second-order valence-electron chi connectivity index (χ2n) is 16.6. The fourth-order valence-corrected chi connectivity index (χ4v) is 7.52. The Morgan fingerprint density at radius 3 is 2.15 bits per heavy atom. The highest BCUT2D eigenvalue weighted by Crippen LogP contribution is 2.65. The molecule has 0 aromatic heterocycles. The van der Waals surface area contributed by atoms with Crippen molar-refractivity contribution in [2.75, 3.05) is 6.54 Å². The Morgan fingerprint density at radius 1 is 0.923 bits per heavy atom. The van der Waals surface area contributed by atoms with E-state index in [4.69, 9.17) is 10.5 Å². The number of carbonyl (C=O) groups excluding carboxylic acids is 6. The number of piperidine rings is 1. The Kier molecular flexibility index (Phi) is 11.2. The van der Waals surface area contributed by atoms with Gasteiger partial charge in [0.2, 0.25) is 17.6 Å². The van der Waals surface area contributed by atoms with E-state index in [2.05, 4.69) is 16.0 Å². The van der Waals surface area contributed by atoms with Crippen LogP contribution in [0.25, 0.3) is 0 Å². The van der Waals surface area contributed by atoms with Gasteiger partial charge in [0.05, 0.1) is 17.6 Å². The minimum atomic E-state index is -1.11. The van der Waals surface area contributed by atoms with E-state index in [0.29, 0.717) is 24.3 Å². The number of primary amides is 1. The summed E-state index contributed by atoms with van der Waals surface area (Å²) < 4.78 is 6.03. The lowest BCUT2D eigenvalue weighted by atomic mass is 9.85. The molecule has 1 aliphatic heterocycles. The summed E-state index contributed by atoms with van der Waals surface area (Å²) in [7, 11) is 0. The summed E-state index contributed by atoms with van der Waals surface area (Å²) in [5.41, 5.74) is 5.58. The number of para-hydroxylation sites is 1. The molecule has 1 heterocycles. The van der Waals surface area contributed by atoms with Crippen molar-refractivity contribution in [3.05, 3.63) is 65.7 Å². The topological polar surface area (TPSA) is 177 Å². The van der Waals surface area contributed by atoms with Crippen LogP contribution in [0, 0.1) is 34.5 Å². The average Bonchev–Trinajstić information content (AvgIpc) is 3.94. The van der Waals surface area contributed by atoms with Crippen molar-refractivity contribution >= 4 is 35.3 Å². The Morgan fingerprint density at radius 2 is 1.56 bits per heavy atom. The Bertz CT molecular complexity index is 1700. The van der Waals surface area contributed by atoms with Gasteiger partial charge in [-0.3, -0.25) is 24.0 Å². The summed E-state index contributed by atoms with van der Waals surface area (Å²) in [4.78, 5) is 82.0. The number of ether oxygens (including phenoxy) is 1. The van der Waals surface area contributed by atoms with Gasteiger partial charge >= 0.3 is 6.03 Å². The van der Waals surface area contributed by atoms with Crippen molar-refractivity contribution in [1.29, 1.82) is 0 Å². The maximum atomic E-state index is 14.4. The Balaban J connectivity index is 1.31. The zero-order chi connectivity index (χ0) is 38.1. The molecule has 6 atom stereocenters. The van der Waals surface area contributed by atoms with Crippen LogP contribution in [0.2, 0.25) is 0 Å². The molecule has 280 valence electrons. The quantitative estimate of drug-likeness (QED) is 0.159. The number of benzene rings is 2. The van der Waals surface area contributed by atoms with Crippen LogP contribution in [0.15, 0.2) is 54.6 Å². The molecule has 2 aliphatic carbocycles. The van der Waals surface area contributed by atoms with E-state index < -0.39 is 59.1 Å². The number of ketones is 2. The van der Waals surface area contributed by atoms with Crippen LogP contribution in [-0.4, -0.2) is 70.9 Å². The summed E-state index contributed by atoms with van der Waals surface area (Å²) in [6, 6.07) is 11.8. The fourth-order valence-electron chi connectivity index (χ4n) is 7.52. The lowest BCUT2D eigenvalue weighted by Gasteiger charge is -2.38. The van der Waals surface area contributed by atoms with E-state index in [1.807, 2.05) is 78.8 Å². The first-order chi connectivity index (χ1) is 24.4. The van der Waals surface area contributed by atoms with Gasteiger partial charge in [-0.25, -0.2) is 4.79 Å². The molecule has 0 bridgehead atoms. The third kappa shape index (κ3) is 8.48. The van der Waals surface area contributed by atoms with Crippen LogP contribution in [0.4, 0.5) is 4.79 Å². The van der Waals surface area contributed by atoms with E-state index in [1.54, 1.807) is 24.3 Å². The number of carbonyl (C=O) groups is 6. The summed E-state index contributed by atoms with van der Waals surface area (Å²) >= 11 is 0. The molecule has 2 aromatic rings. The van der Waals surface area contributed by atoms with E-state index in [-0.39, 0.29) is 41.5 Å². The van der Waals surface area contributed by atoms with Gasteiger partial charge in [0.25, 0.3) is 5.91 Å². The van der Waals surface area contributed by atoms with Crippen LogP contribution in [0.1, 0.15) is 83.7 Å². The molecule has 0 spiro atoms. The molecule has 3 fully saturated rings. The van der Waals surface area contributed by atoms with Crippen LogP contribution in [0.3, 0.4) is 0 Å². The third-order valence-electron chi connectivity index (χ3n) is 10.9. The number of urea groups is 1. The second kappa shape index (κ2) is 15.1. The van der Waals surface area contributed by atoms with E-state index in [1.165, 1.54) is 4.90 Å². The van der Waals surface area contributed by atoms with Gasteiger partial charge in [0.15, 0.2) is 5.78 Å². The SMILES string of the molecule is CC(C)[C@H](NC(=O)N[C@H](C(=O)N1CC2C([C@H]1C(=O)NC(CC1CC1)C(=O)C(N)=O)C2(C)C)C(C)(C)C)C(=O)c1ccccc1OCc1ccccc1. The van der Waals surface area contributed by atoms with Gasteiger partial charge in [0.1, 0.15) is 24.4 Å². The van der Waals surface area contributed by atoms with Crippen molar-refractivity contribution in [1.82, 2.24) is 20.9 Å². The summed E-state index contributed by atoms with van der Waals surface area (Å²) in [6.07, 6.45) is 2.13. The largest absolute Gasteiger partial charge is 0.488 e. The maximum Gasteiger partial charge on any atom is 0.316 e. The standard InChI is InChI=1S/C40H53N5O7/c1-22(2)30(32(46)25-15-11-12-16-28(25)52-21-24-13-9-8-10-14-24)43-38(51)44-34(39(3,4)5)37(50)45-20-26-29(40(26,6)7)31(45)36(49)42-27(19-23-17-18-23)33(47)35(41)48/h8-16,22-23,26-27,29-31,34H,17-21H2,1-7H3,(H2,41,48)(H,42,49)(H2,43,44,51)/t26?,27?,29?,30-,31-,34+/m0/s1. The molecule has 5 amide bonds. The number of nitrogens with zero attached hydrogens (tertiary/aromatic N) is 1. The molecule has 12 nitrogen and oxygen atoms in total. The zero-order valence-electron chi connectivity index (χ0n) is 31.2. The Hall–Kier alpha value is -4.74. The number of Topliss-reactive ketones (excluding diaryl/α,β-unsaturated/α-hetero) is 2. The second-order valence-corrected chi connectivity index (χ2v) is 16.6. The van der Waals surface area contributed by atoms with Gasteiger partial charge < -0.3 is 31.3 Å². The lowest BCUT2D eigenvalue weighted by Crippen LogP contribution is -2.62. The van der Waals surface area contributed by atoms with E-state index in [9.17, 15) is 28.8 Å². The molecule has 2 aromatic carbocycles. The number of amides is 5. The number of nitrogens with one attached hydrogen (secondary N) is 3. The smallest absolute Gasteiger partial charge is 0.316 e. The third-order valence-corrected chi connectivity index (χ3v) is 10.9. The summed E-state index contributed by atoms with van der Waals surface area (Å²) in [5, 5.41) is 8.42. The van der Waals surface area contributed by atoms with Crippen molar-refractivity contribution in [3.8, 4) is 5.75 Å². The minimum absolute atomic E-state index is 0.0440. The molecule has 5 N–H and O–H groups in total. The van der Waals surface area contributed by atoms with Crippen LogP contribution in [-0.2, 0) is 25.8 Å². The average molecular weight is 716 g/mol. The van der Waals surface area contributed by atoms with Crippen LogP contribution < -0.4 is 26.4 Å². The Labute approximate surface area is 306 Å². The number of fused-ring (bicyclic) bond motifs is 1. The molecule has 1 saturated heterocycles. The maximum absolute atomic E-state index is 14.4. The lowest BCUT2D eigenvalue weighted by molar-refractivity contribution is -0.145. The highest BCUT2D eigenvalue weighted by Gasteiger charge is 2.70. The predicted octanol–water partition coefficient (Wildman–Crippen LogP) is 4.01. The minimum Gasteiger partial charge on any atom is -0.488 e. The summed E-state index contributed by atoms with van der Waals surface area (Å²) in [6.45, 7) is 13.7. The van der Waals surface area contributed by atoms with Crippen molar-refractivity contribution in [2.45, 2.75) is 98.5 Å². The number of likely N-dealkylation sites (tertiary alicyclic amines) is 1. The van der Waals surface area contributed by atoms with Crippen molar-refractivity contribution < 1.29 is 33.5 Å². The van der Waals surface area contributed by atoms with Crippen molar-refractivity contribution in [3.63, 3.8) is 0 Å². The van der Waals surface area contributed by atoms with E-state index >= 15 is 0 Å². The molecular weight excluding hydrogens is 662 g/mol. The van der Waals surface area contributed by atoms with Gasteiger partial charge in [-0.1, -0.05) is 104 Å².